The van der Waals surface area contributed by atoms with E-state index >= 15 is 0 Å². The number of halogens is 1. The van der Waals surface area contributed by atoms with Crippen molar-refractivity contribution < 1.29 is 4.79 Å². The van der Waals surface area contributed by atoms with E-state index in [0.29, 0.717) is 5.15 Å². The molecule has 2 aliphatic rings. The molecule has 0 atom stereocenters. The van der Waals surface area contributed by atoms with Gasteiger partial charge in [0.15, 0.2) is 5.78 Å². The molecule has 2 aromatic rings. The van der Waals surface area contributed by atoms with E-state index in [1.165, 1.54) is 11.1 Å². The summed E-state index contributed by atoms with van der Waals surface area (Å²) in [6.45, 7) is 8.03. The highest BCUT2D eigenvalue weighted by Gasteiger charge is 2.47. The SMILES string of the molecule is CC1(C)Nc2c(cc(-c3cccnc3Cl)c3c2CCC3)C(C)(C)C1=O. The monoisotopic (exact) mass is 354 g/mol. The second-order valence-electron chi connectivity index (χ2n) is 8.20. The zero-order valence-electron chi connectivity index (χ0n) is 15.2. The minimum atomic E-state index is -0.555. The zero-order chi connectivity index (χ0) is 18.0. The van der Waals surface area contributed by atoms with E-state index in [0.717, 1.165) is 41.6 Å². The number of anilines is 1. The fourth-order valence-corrected chi connectivity index (χ4v) is 4.74. The van der Waals surface area contributed by atoms with Gasteiger partial charge in [0, 0.05) is 17.4 Å². The van der Waals surface area contributed by atoms with E-state index in [9.17, 15) is 4.79 Å². The molecule has 0 unspecified atom stereocenters. The lowest BCUT2D eigenvalue weighted by atomic mass is 9.68. The molecular formula is C21H23ClN2O. The Morgan fingerprint density at radius 2 is 1.84 bits per heavy atom. The van der Waals surface area contributed by atoms with Crippen LogP contribution in [0.25, 0.3) is 11.1 Å². The number of nitrogens with zero attached hydrogens (tertiary/aromatic N) is 1. The van der Waals surface area contributed by atoms with Gasteiger partial charge in [-0.25, -0.2) is 4.98 Å². The Labute approximate surface area is 153 Å². The van der Waals surface area contributed by atoms with Gasteiger partial charge in [-0.3, -0.25) is 4.79 Å². The van der Waals surface area contributed by atoms with Crippen molar-refractivity contribution in [1.82, 2.24) is 4.98 Å². The smallest absolute Gasteiger partial charge is 0.167 e. The molecule has 25 heavy (non-hydrogen) atoms. The van der Waals surface area contributed by atoms with Crippen LogP contribution in [-0.2, 0) is 23.1 Å². The fraction of sp³-hybridized carbons (Fsp3) is 0.429. The van der Waals surface area contributed by atoms with Crippen LogP contribution in [0.1, 0.15) is 50.8 Å². The van der Waals surface area contributed by atoms with Gasteiger partial charge in [-0.2, -0.15) is 0 Å². The molecular weight excluding hydrogens is 332 g/mol. The summed E-state index contributed by atoms with van der Waals surface area (Å²) in [7, 11) is 0. The standard InChI is InChI=1S/C21H23ClN2O/c1-20(2)16-11-15(14-9-6-10-23-18(14)22)12-7-5-8-13(12)17(16)24-21(3,4)19(20)25/h6,9-11,24H,5,7-8H2,1-4H3. The Bertz CT molecular complexity index is 899. The quantitative estimate of drug-likeness (QED) is 0.737. The number of nitrogens with one attached hydrogen (secondary N) is 1. The molecule has 4 heteroatoms. The van der Waals surface area contributed by atoms with Crippen LogP contribution < -0.4 is 5.32 Å². The third-order valence-corrected chi connectivity index (χ3v) is 6.00. The molecule has 1 aromatic heterocycles. The first-order valence-corrected chi connectivity index (χ1v) is 9.24. The van der Waals surface area contributed by atoms with Gasteiger partial charge in [0.2, 0.25) is 0 Å². The summed E-state index contributed by atoms with van der Waals surface area (Å²) in [5.74, 6) is 0.216. The minimum absolute atomic E-state index is 0.216. The van der Waals surface area contributed by atoms with Crippen molar-refractivity contribution in [2.24, 2.45) is 0 Å². The number of hydrogen-bond donors (Lipinski definition) is 1. The van der Waals surface area contributed by atoms with Gasteiger partial charge in [0.1, 0.15) is 5.15 Å². The number of hydrogen-bond acceptors (Lipinski definition) is 3. The maximum absolute atomic E-state index is 13.0. The molecule has 130 valence electrons. The van der Waals surface area contributed by atoms with Crippen molar-refractivity contribution in [1.29, 1.82) is 0 Å². The third-order valence-electron chi connectivity index (χ3n) is 5.70. The first-order valence-electron chi connectivity index (χ1n) is 8.86. The molecule has 0 bridgehead atoms. The number of aromatic nitrogens is 1. The zero-order valence-corrected chi connectivity index (χ0v) is 15.9. The molecule has 0 radical (unpaired) electrons. The molecule has 1 aliphatic carbocycles. The van der Waals surface area contributed by atoms with Crippen molar-refractivity contribution in [3.05, 3.63) is 46.2 Å². The molecule has 3 nitrogen and oxygen atoms in total. The third kappa shape index (κ3) is 2.32. The van der Waals surface area contributed by atoms with Crippen LogP contribution in [0.5, 0.6) is 0 Å². The van der Waals surface area contributed by atoms with Gasteiger partial charge in [0.05, 0.1) is 11.0 Å². The van der Waals surface area contributed by atoms with E-state index in [2.05, 4.69) is 16.4 Å². The number of rotatable bonds is 1. The highest BCUT2D eigenvalue weighted by atomic mass is 35.5. The maximum Gasteiger partial charge on any atom is 0.167 e. The van der Waals surface area contributed by atoms with Crippen molar-refractivity contribution in [2.45, 2.75) is 57.9 Å². The van der Waals surface area contributed by atoms with Crippen LogP contribution in [-0.4, -0.2) is 16.3 Å². The molecule has 0 saturated heterocycles. The molecule has 0 fully saturated rings. The van der Waals surface area contributed by atoms with Crippen molar-refractivity contribution >= 4 is 23.1 Å². The molecule has 4 rings (SSSR count). The van der Waals surface area contributed by atoms with Gasteiger partial charge in [-0.15, -0.1) is 0 Å². The number of ketones is 1. The lowest BCUT2D eigenvalue weighted by Crippen LogP contribution is -2.53. The second kappa shape index (κ2) is 5.31. The molecule has 1 aliphatic heterocycles. The van der Waals surface area contributed by atoms with Crippen LogP contribution in [0, 0.1) is 0 Å². The second-order valence-corrected chi connectivity index (χ2v) is 8.56. The molecule has 0 saturated carbocycles. The summed E-state index contributed by atoms with van der Waals surface area (Å²) in [6.07, 6.45) is 4.92. The Balaban J connectivity index is 2.04. The summed E-state index contributed by atoms with van der Waals surface area (Å²) in [6, 6.07) is 6.10. The molecule has 1 aromatic carbocycles. The highest BCUT2D eigenvalue weighted by molar-refractivity contribution is 6.32. The number of benzene rings is 1. The van der Waals surface area contributed by atoms with E-state index in [1.807, 2.05) is 39.8 Å². The van der Waals surface area contributed by atoms with Gasteiger partial charge in [-0.05, 0) is 87.4 Å². The topological polar surface area (TPSA) is 42.0 Å². The van der Waals surface area contributed by atoms with E-state index in [1.54, 1.807) is 6.20 Å². The molecule has 0 amide bonds. The lowest BCUT2D eigenvalue weighted by Gasteiger charge is -2.43. The molecule has 2 heterocycles. The minimum Gasteiger partial charge on any atom is -0.373 e. The van der Waals surface area contributed by atoms with Gasteiger partial charge in [-0.1, -0.05) is 11.6 Å². The van der Waals surface area contributed by atoms with Crippen LogP contribution in [0.4, 0.5) is 5.69 Å². The average molecular weight is 355 g/mol. The molecule has 0 spiro atoms. The normalized spacial score (nSPS) is 20.0. The number of pyridine rings is 1. The van der Waals surface area contributed by atoms with Crippen LogP contribution in [0.2, 0.25) is 5.15 Å². The Morgan fingerprint density at radius 1 is 1.12 bits per heavy atom. The van der Waals surface area contributed by atoms with E-state index in [4.69, 9.17) is 11.6 Å². The first-order chi connectivity index (χ1) is 11.7. The highest BCUT2D eigenvalue weighted by Crippen LogP contribution is 2.48. The van der Waals surface area contributed by atoms with Crippen LogP contribution >= 0.6 is 11.6 Å². The van der Waals surface area contributed by atoms with E-state index < -0.39 is 11.0 Å². The number of carbonyl (C=O) groups excluding carboxylic acids is 1. The fourth-order valence-electron chi connectivity index (χ4n) is 4.52. The summed E-state index contributed by atoms with van der Waals surface area (Å²) >= 11 is 6.40. The largest absolute Gasteiger partial charge is 0.373 e. The van der Waals surface area contributed by atoms with Crippen molar-refractivity contribution in [2.75, 3.05) is 5.32 Å². The molecule has 1 N–H and O–H groups in total. The van der Waals surface area contributed by atoms with Crippen molar-refractivity contribution in [3.8, 4) is 11.1 Å². The Hall–Kier alpha value is -1.87. The van der Waals surface area contributed by atoms with Gasteiger partial charge >= 0.3 is 0 Å². The van der Waals surface area contributed by atoms with Gasteiger partial charge in [0.25, 0.3) is 0 Å². The van der Waals surface area contributed by atoms with Crippen LogP contribution in [0.15, 0.2) is 24.4 Å². The first kappa shape index (κ1) is 16.6. The number of carbonyl (C=O) groups is 1. The summed E-state index contributed by atoms with van der Waals surface area (Å²) in [4.78, 5) is 17.3. The number of fused-ring (bicyclic) bond motifs is 3. The van der Waals surface area contributed by atoms with Crippen molar-refractivity contribution in [3.63, 3.8) is 0 Å². The van der Waals surface area contributed by atoms with Crippen LogP contribution in [0.3, 0.4) is 0 Å². The predicted octanol–water partition coefficient (Wildman–Crippen LogP) is 4.94. The maximum atomic E-state index is 13.0. The lowest BCUT2D eigenvalue weighted by molar-refractivity contribution is -0.127. The summed E-state index contributed by atoms with van der Waals surface area (Å²) < 4.78 is 0. The average Bonchev–Trinajstić information content (AvgIpc) is 3.03. The predicted molar refractivity (Wildman–Crippen MR) is 102 cm³/mol. The summed E-state index contributed by atoms with van der Waals surface area (Å²) in [5.41, 5.74) is 5.93. The Morgan fingerprint density at radius 3 is 2.56 bits per heavy atom. The Kier molecular flexibility index (Phi) is 3.52. The van der Waals surface area contributed by atoms with E-state index in [-0.39, 0.29) is 5.78 Å². The summed E-state index contributed by atoms with van der Waals surface area (Å²) in [5, 5.41) is 4.06. The van der Waals surface area contributed by atoms with Gasteiger partial charge < -0.3 is 5.32 Å². The number of Topliss-reactive ketones (excluding diaryl/α,β-unsaturated/α-hetero) is 1.